The van der Waals surface area contributed by atoms with Crippen molar-refractivity contribution < 1.29 is 9.53 Å². The van der Waals surface area contributed by atoms with Gasteiger partial charge in [-0.2, -0.15) is 0 Å². The van der Waals surface area contributed by atoms with Crippen LogP contribution in [0.15, 0.2) is 24.3 Å². The van der Waals surface area contributed by atoms with Gasteiger partial charge in [-0.1, -0.05) is 26.0 Å². The third-order valence-corrected chi connectivity index (χ3v) is 4.38. The van der Waals surface area contributed by atoms with Crippen LogP contribution in [0.5, 0.6) is 5.75 Å². The topological polar surface area (TPSA) is 67.6 Å². The Balaban J connectivity index is 1.80. The van der Waals surface area contributed by atoms with Gasteiger partial charge in [0, 0.05) is 25.7 Å². The molecular weight excluding hydrogens is 278 g/mol. The first-order valence-electron chi connectivity index (χ1n) is 7.78. The molecule has 1 aromatic rings. The van der Waals surface area contributed by atoms with Crippen molar-refractivity contribution in [2.45, 2.75) is 32.9 Å². The number of piperidine rings is 1. The average Bonchev–Trinajstić information content (AvgIpc) is 2.49. The minimum atomic E-state index is 0.0501. The molecule has 1 unspecified atom stereocenters. The first kappa shape index (κ1) is 16.8. The molecule has 0 aromatic heterocycles. The van der Waals surface area contributed by atoms with Crippen molar-refractivity contribution >= 4 is 5.91 Å². The van der Waals surface area contributed by atoms with Crippen molar-refractivity contribution in [1.29, 1.82) is 0 Å². The molecule has 1 aliphatic heterocycles. The smallest absolute Gasteiger partial charge is 0.234 e. The van der Waals surface area contributed by atoms with Crippen LogP contribution in [0, 0.1) is 5.41 Å². The molecule has 1 fully saturated rings. The summed E-state index contributed by atoms with van der Waals surface area (Å²) < 4.78 is 5.18. The summed E-state index contributed by atoms with van der Waals surface area (Å²) in [4.78, 5) is 14.3. The van der Waals surface area contributed by atoms with E-state index < -0.39 is 0 Å². The molecule has 0 spiro atoms. The molecule has 22 heavy (non-hydrogen) atoms. The fraction of sp³-hybridized carbons (Fsp3) is 0.588. The number of nitrogens with zero attached hydrogens (tertiary/aromatic N) is 1. The molecule has 1 atom stereocenters. The molecule has 1 amide bonds. The zero-order valence-electron chi connectivity index (χ0n) is 13.8. The molecule has 0 radical (unpaired) electrons. The molecule has 1 heterocycles. The van der Waals surface area contributed by atoms with E-state index in [2.05, 4.69) is 24.1 Å². The highest BCUT2D eigenvalue weighted by Crippen LogP contribution is 2.27. The van der Waals surface area contributed by atoms with Crippen molar-refractivity contribution in [2.75, 3.05) is 26.7 Å². The van der Waals surface area contributed by atoms with E-state index in [0.29, 0.717) is 13.1 Å². The number of methoxy groups -OCH3 is 1. The number of carbonyl (C=O) groups is 1. The molecular formula is C17H27N3O2. The maximum Gasteiger partial charge on any atom is 0.234 e. The Kier molecular flexibility index (Phi) is 5.42. The van der Waals surface area contributed by atoms with Crippen LogP contribution < -0.4 is 15.8 Å². The highest BCUT2D eigenvalue weighted by molar-refractivity contribution is 5.78. The van der Waals surface area contributed by atoms with E-state index in [9.17, 15) is 4.79 Å². The summed E-state index contributed by atoms with van der Waals surface area (Å²) in [5.74, 6) is 0.854. The maximum atomic E-state index is 12.1. The summed E-state index contributed by atoms with van der Waals surface area (Å²) in [6.45, 7) is 7.03. The molecule has 0 bridgehead atoms. The average molecular weight is 305 g/mol. The minimum absolute atomic E-state index is 0.0501. The lowest BCUT2D eigenvalue weighted by atomic mass is 9.80. The lowest BCUT2D eigenvalue weighted by molar-refractivity contribution is -0.123. The second kappa shape index (κ2) is 7.11. The maximum absolute atomic E-state index is 12.1. The van der Waals surface area contributed by atoms with Crippen LogP contribution in [-0.2, 0) is 11.3 Å². The van der Waals surface area contributed by atoms with Gasteiger partial charge in [0.2, 0.25) is 5.91 Å². The van der Waals surface area contributed by atoms with Gasteiger partial charge in [-0.15, -0.1) is 0 Å². The summed E-state index contributed by atoms with van der Waals surface area (Å²) in [5.41, 5.74) is 7.23. The lowest BCUT2D eigenvalue weighted by Gasteiger charge is -2.42. The number of rotatable bonds is 5. The SMILES string of the molecule is COc1cccc(CNC(=O)CN2CCC(N)C(C)(C)C2)c1. The standard InChI is InChI=1S/C17H27N3O2/c1-17(2)12-20(8-7-15(17)18)11-16(21)19-10-13-5-4-6-14(9-13)22-3/h4-6,9,15H,7-8,10-12,18H2,1-3H3,(H,19,21). The predicted molar refractivity (Wildman–Crippen MR) is 87.7 cm³/mol. The highest BCUT2D eigenvalue weighted by Gasteiger charge is 2.33. The van der Waals surface area contributed by atoms with Crippen LogP contribution in [0.2, 0.25) is 0 Å². The molecule has 1 aliphatic rings. The zero-order chi connectivity index (χ0) is 16.2. The summed E-state index contributed by atoms with van der Waals surface area (Å²) in [6.07, 6.45) is 0.941. The molecule has 0 aliphatic carbocycles. The minimum Gasteiger partial charge on any atom is -0.497 e. The van der Waals surface area contributed by atoms with E-state index in [1.807, 2.05) is 24.3 Å². The van der Waals surface area contributed by atoms with Gasteiger partial charge in [-0.05, 0) is 29.5 Å². The van der Waals surface area contributed by atoms with E-state index in [1.54, 1.807) is 7.11 Å². The van der Waals surface area contributed by atoms with Crippen LogP contribution in [0.3, 0.4) is 0 Å². The number of nitrogens with two attached hydrogens (primary N) is 1. The molecule has 122 valence electrons. The zero-order valence-corrected chi connectivity index (χ0v) is 13.8. The Morgan fingerprint density at radius 1 is 1.50 bits per heavy atom. The van der Waals surface area contributed by atoms with Crippen molar-refractivity contribution in [2.24, 2.45) is 11.1 Å². The molecule has 3 N–H and O–H groups in total. The van der Waals surface area contributed by atoms with Gasteiger partial charge in [0.05, 0.1) is 13.7 Å². The van der Waals surface area contributed by atoms with E-state index in [4.69, 9.17) is 10.5 Å². The Labute approximate surface area is 132 Å². The first-order valence-corrected chi connectivity index (χ1v) is 7.78. The van der Waals surface area contributed by atoms with Crippen LogP contribution in [0.25, 0.3) is 0 Å². The van der Waals surface area contributed by atoms with Gasteiger partial charge in [-0.3, -0.25) is 9.69 Å². The largest absolute Gasteiger partial charge is 0.497 e. The van der Waals surface area contributed by atoms with Crippen molar-refractivity contribution in [1.82, 2.24) is 10.2 Å². The summed E-state index contributed by atoms with van der Waals surface area (Å²) in [6, 6.07) is 7.94. The van der Waals surface area contributed by atoms with Gasteiger partial charge in [-0.25, -0.2) is 0 Å². The van der Waals surface area contributed by atoms with Gasteiger partial charge in [0.15, 0.2) is 0 Å². The Bertz CT molecular complexity index is 516. The molecule has 0 saturated carbocycles. The quantitative estimate of drug-likeness (QED) is 0.862. The lowest BCUT2D eigenvalue weighted by Crippen LogP contribution is -2.54. The number of carbonyl (C=O) groups excluding carboxylic acids is 1. The molecule has 1 aromatic carbocycles. The number of ether oxygens (including phenoxy) is 1. The molecule has 5 nitrogen and oxygen atoms in total. The van der Waals surface area contributed by atoms with E-state index in [1.165, 1.54) is 0 Å². The van der Waals surface area contributed by atoms with Crippen molar-refractivity contribution in [3.8, 4) is 5.75 Å². The summed E-state index contributed by atoms with van der Waals surface area (Å²) in [7, 11) is 1.64. The normalized spacial score (nSPS) is 21.4. The molecule has 1 saturated heterocycles. The van der Waals surface area contributed by atoms with E-state index in [-0.39, 0.29) is 17.4 Å². The van der Waals surface area contributed by atoms with E-state index in [0.717, 1.165) is 30.8 Å². The third kappa shape index (κ3) is 4.45. The number of hydrogen-bond donors (Lipinski definition) is 2. The van der Waals surface area contributed by atoms with Gasteiger partial charge in [0.25, 0.3) is 0 Å². The molecule has 2 rings (SSSR count). The van der Waals surface area contributed by atoms with Crippen molar-refractivity contribution in [3.63, 3.8) is 0 Å². The Hall–Kier alpha value is -1.59. The predicted octanol–water partition coefficient (Wildman–Crippen LogP) is 1.37. The van der Waals surface area contributed by atoms with Crippen LogP contribution in [0.4, 0.5) is 0 Å². The van der Waals surface area contributed by atoms with Crippen LogP contribution >= 0.6 is 0 Å². The van der Waals surface area contributed by atoms with Crippen LogP contribution in [-0.4, -0.2) is 43.6 Å². The monoisotopic (exact) mass is 305 g/mol. The van der Waals surface area contributed by atoms with Crippen molar-refractivity contribution in [3.05, 3.63) is 29.8 Å². The Morgan fingerprint density at radius 3 is 2.95 bits per heavy atom. The first-order chi connectivity index (χ1) is 10.4. The van der Waals surface area contributed by atoms with Gasteiger partial charge in [0.1, 0.15) is 5.75 Å². The van der Waals surface area contributed by atoms with Crippen LogP contribution in [0.1, 0.15) is 25.8 Å². The van der Waals surface area contributed by atoms with E-state index >= 15 is 0 Å². The fourth-order valence-corrected chi connectivity index (χ4v) is 2.86. The molecule has 5 heteroatoms. The third-order valence-electron chi connectivity index (χ3n) is 4.38. The number of likely N-dealkylation sites (tertiary alicyclic amines) is 1. The Morgan fingerprint density at radius 2 is 2.27 bits per heavy atom. The number of benzene rings is 1. The second-order valence-electron chi connectivity index (χ2n) is 6.72. The highest BCUT2D eigenvalue weighted by atomic mass is 16.5. The summed E-state index contributed by atoms with van der Waals surface area (Å²) in [5, 5.41) is 2.97. The van der Waals surface area contributed by atoms with Gasteiger partial charge < -0.3 is 15.8 Å². The number of hydrogen-bond acceptors (Lipinski definition) is 4. The fourth-order valence-electron chi connectivity index (χ4n) is 2.86. The second-order valence-corrected chi connectivity index (χ2v) is 6.72. The number of amides is 1. The van der Waals surface area contributed by atoms with Gasteiger partial charge >= 0.3 is 0 Å². The summed E-state index contributed by atoms with van der Waals surface area (Å²) >= 11 is 0. The number of nitrogens with one attached hydrogen (secondary N) is 1.